The molecule has 0 spiro atoms. The molecule has 4 rings (SSSR count). The van der Waals surface area contributed by atoms with E-state index in [4.69, 9.17) is 0 Å². The Morgan fingerprint density at radius 3 is 2.48 bits per heavy atom. The highest BCUT2D eigenvalue weighted by Gasteiger charge is 2.29. The smallest absolute Gasteiger partial charge is 0.253 e. The molecule has 0 bridgehead atoms. The van der Waals surface area contributed by atoms with Crippen LogP contribution < -0.4 is 5.32 Å². The van der Waals surface area contributed by atoms with E-state index in [9.17, 15) is 9.59 Å². The summed E-state index contributed by atoms with van der Waals surface area (Å²) in [4.78, 5) is 29.5. The van der Waals surface area contributed by atoms with Gasteiger partial charge in [0, 0.05) is 44.8 Å². The normalized spacial score (nSPS) is 23.9. The SMILES string of the molecule is CNC(=O)C1CCCN(C(=O)c2ccc3c(c2)CCN(C2CCC2)CC3)C1. The number of nitrogens with one attached hydrogen (secondary N) is 1. The first kappa shape index (κ1) is 18.5. The fourth-order valence-electron chi connectivity index (χ4n) is 4.75. The van der Waals surface area contributed by atoms with E-state index in [0.29, 0.717) is 6.54 Å². The molecule has 1 aromatic rings. The highest BCUT2D eigenvalue weighted by molar-refractivity contribution is 5.95. The molecule has 3 aliphatic rings. The first-order chi connectivity index (χ1) is 13.2. The zero-order valence-electron chi connectivity index (χ0n) is 16.4. The zero-order valence-corrected chi connectivity index (χ0v) is 16.4. The number of hydrogen-bond acceptors (Lipinski definition) is 3. The Hall–Kier alpha value is -1.88. The van der Waals surface area contributed by atoms with Gasteiger partial charge in [0.1, 0.15) is 0 Å². The highest BCUT2D eigenvalue weighted by atomic mass is 16.2. The third kappa shape index (κ3) is 3.88. The van der Waals surface area contributed by atoms with Crippen molar-refractivity contribution in [1.29, 1.82) is 0 Å². The van der Waals surface area contributed by atoms with Crippen LogP contribution in [0.3, 0.4) is 0 Å². The number of rotatable bonds is 3. The molecular formula is C22H31N3O2. The van der Waals surface area contributed by atoms with E-state index >= 15 is 0 Å². The molecule has 1 saturated heterocycles. The maximum atomic E-state index is 13.0. The standard InChI is InChI=1S/C22H31N3O2/c1-23-21(26)19-4-3-11-25(15-19)22(27)18-8-7-16-9-12-24(20-5-2-6-20)13-10-17(16)14-18/h7-8,14,19-20H,2-6,9-13,15H2,1H3,(H,23,26). The molecular weight excluding hydrogens is 338 g/mol. The number of carbonyl (C=O) groups excluding carboxylic acids is 2. The van der Waals surface area contributed by atoms with Crippen LogP contribution >= 0.6 is 0 Å². The van der Waals surface area contributed by atoms with Gasteiger partial charge < -0.3 is 10.2 Å². The van der Waals surface area contributed by atoms with Gasteiger partial charge in [0.2, 0.25) is 5.91 Å². The Morgan fingerprint density at radius 2 is 1.78 bits per heavy atom. The third-order valence-electron chi connectivity index (χ3n) is 6.71. The lowest BCUT2D eigenvalue weighted by atomic mass is 9.91. The summed E-state index contributed by atoms with van der Waals surface area (Å²) in [7, 11) is 1.67. The molecule has 1 aliphatic carbocycles. The molecule has 5 nitrogen and oxygen atoms in total. The van der Waals surface area contributed by atoms with Gasteiger partial charge in [-0.1, -0.05) is 12.5 Å². The fraction of sp³-hybridized carbons (Fsp3) is 0.636. The lowest BCUT2D eigenvalue weighted by Gasteiger charge is -2.36. The van der Waals surface area contributed by atoms with Crippen LogP contribution in [0.15, 0.2) is 18.2 Å². The largest absolute Gasteiger partial charge is 0.359 e. The molecule has 1 atom stereocenters. The molecule has 27 heavy (non-hydrogen) atoms. The maximum Gasteiger partial charge on any atom is 0.253 e. The number of nitrogens with zero attached hydrogens (tertiary/aromatic N) is 2. The summed E-state index contributed by atoms with van der Waals surface area (Å²) in [5.74, 6) is 0.0431. The van der Waals surface area contributed by atoms with E-state index in [2.05, 4.69) is 22.3 Å². The summed E-state index contributed by atoms with van der Waals surface area (Å²) in [6.45, 7) is 3.53. The van der Waals surface area contributed by atoms with Gasteiger partial charge in [-0.2, -0.15) is 0 Å². The third-order valence-corrected chi connectivity index (χ3v) is 6.71. The predicted molar refractivity (Wildman–Crippen MR) is 106 cm³/mol. The summed E-state index contributed by atoms with van der Waals surface area (Å²) < 4.78 is 0. The van der Waals surface area contributed by atoms with E-state index < -0.39 is 0 Å². The summed E-state index contributed by atoms with van der Waals surface area (Å²) >= 11 is 0. The van der Waals surface area contributed by atoms with Crippen LogP contribution in [0.5, 0.6) is 0 Å². The number of carbonyl (C=O) groups is 2. The van der Waals surface area contributed by atoms with Crippen molar-refractivity contribution in [2.75, 3.05) is 33.2 Å². The Labute approximate surface area is 162 Å². The van der Waals surface area contributed by atoms with Gasteiger partial charge in [-0.05, 0) is 61.8 Å². The van der Waals surface area contributed by atoms with Gasteiger partial charge in [-0.15, -0.1) is 0 Å². The molecule has 1 aromatic carbocycles. The van der Waals surface area contributed by atoms with Crippen LogP contribution in [-0.2, 0) is 17.6 Å². The van der Waals surface area contributed by atoms with Crippen LogP contribution in [0.4, 0.5) is 0 Å². The second-order valence-corrected chi connectivity index (χ2v) is 8.31. The molecule has 2 amide bonds. The lowest BCUT2D eigenvalue weighted by Crippen LogP contribution is -2.44. The fourth-order valence-corrected chi connectivity index (χ4v) is 4.75. The van der Waals surface area contributed by atoms with Crippen LogP contribution in [0, 0.1) is 5.92 Å². The molecule has 146 valence electrons. The van der Waals surface area contributed by atoms with E-state index in [1.165, 1.54) is 30.4 Å². The zero-order chi connectivity index (χ0) is 18.8. The van der Waals surface area contributed by atoms with Gasteiger partial charge in [0.05, 0.1) is 5.92 Å². The van der Waals surface area contributed by atoms with Gasteiger partial charge in [-0.25, -0.2) is 0 Å². The summed E-state index contributed by atoms with van der Waals surface area (Å²) in [5.41, 5.74) is 3.51. The second kappa shape index (κ2) is 8.01. The maximum absolute atomic E-state index is 13.0. The van der Waals surface area contributed by atoms with Crippen molar-refractivity contribution in [3.8, 4) is 0 Å². The minimum Gasteiger partial charge on any atom is -0.359 e. The Balaban J connectivity index is 1.45. The van der Waals surface area contributed by atoms with Crippen LogP contribution in [0.25, 0.3) is 0 Å². The van der Waals surface area contributed by atoms with Crippen molar-refractivity contribution in [1.82, 2.24) is 15.1 Å². The number of fused-ring (bicyclic) bond motifs is 1. The van der Waals surface area contributed by atoms with Gasteiger partial charge in [0.25, 0.3) is 5.91 Å². The second-order valence-electron chi connectivity index (χ2n) is 8.31. The van der Waals surface area contributed by atoms with E-state index in [0.717, 1.165) is 56.9 Å². The van der Waals surface area contributed by atoms with Crippen molar-refractivity contribution in [3.05, 3.63) is 34.9 Å². The Bertz CT molecular complexity index is 714. The van der Waals surface area contributed by atoms with Crippen molar-refractivity contribution in [2.24, 2.45) is 5.92 Å². The predicted octanol–water partition coefficient (Wildman–Crippen LogP) is 2.24. The Kier molecular flexibility index (Phi) is 5.48. The van der Waals surface area contributed by atoms with Crippen LogP contribution in [0.2, 0.25) is 0 Å². The van der Waals surface area contributed by atoms with Gasteiger partial charge in [0.15, 0.2) is 0 Å². The molecule has 0 aromatic heterocycles. The van der Waals surface area contributed by atoms with Crippen molar-refractivity contribution in [2.45, 2.75) is 51.0 Å². The summed E-state index contributed by atoms with van der Waals surface area (Å²) in [5, 5.41) is 2.72. The molecule has 5 heteroatoms. The molecule has 1 saturated carbocycles. The molecule has 1 unspecified atom stereocenters. The van der Waals surface area contributed by atoms with Crippen molar-refractivity contribution < 1.29 is 9.59 Å². The minimum atomic E-state index is -0.0791. The number of piperidine rings is 1. The quantitative estimate of drug-likeness (QED) is 0.889. The van der Waals surface area contributed by atoms with Crippen molar-refractivity contribution >= 4 is 11.8 Å². The summed E-state index contributed by atoms with van der Waals surface area (Å²) in [6, 6.07) is 7.05. The van der Waals surface area contributed by atoms with E-state index in [1.807, 2.05) is 11.0 Å². The summed E-state index contributed by atoms with van der Waals surface area (Å²) in [6.07, 6.45) is 7.95. The number of amides is 2. The number of hydrogen-bond donors (Lipinski definition) is 1. The molecule has 1 N–H and O–H groups in total. The van der Waals surface area contributed by atoms with Crippen LogP contribution in [0.1, 0.15) is 53.6 Å². The molecule has 2 aliphatic heterocycles. The van der Waals surface area contributed by atoms with E-state index in [-0.39, 0.29) is 17.7 Å². The topological polar surface area (TPSA) is 52.7 Å². The molecule has 0 radical (unpaired) electrons. The average molecular weight is 370 g/mol. The van der Waals surface area contributed by atoms with E-state index in [1.54, 1.807) is 7.05 Å². The highest BCUT2D eigenvalue weighted by Crippen LogP contribution is 2.28. The first-order valence-electron chi connectivity index (χ1n) is 10.5. The average Bonchev–Trinajstić information content (AvgIpc) is 2.88. The number of likely N-dealkylation sites (tertiary alicyclic amines) is 1. The van der Waals surface area contributed by atoms with Crippen LogP contribution in [-0.4, -0.2) is 60.9 Å². The monoisotopic (exact) mass is 369 g/mol. The minimum absolute atomic E-state index is 0.0468. The van der Waals surface area contributed by atoms with Gasteiger partial charge in [-0.3, -0.25) is 14.5 Å². The van der Waals surface area contributed by atoms with Gasteiger partial charge >= 0.3 is 0 Å². The molecule has 2 fully saturated rings. The number of benzene rings is 1. The first-order valence-corrected chi connectivity index (χ1v) is 10.5. The lowest BCUT2D eigenvalue weighted by molar-refractivity contribution is -0.125. The molecule has 2 heterocycles. The van der Waals surface area contributed by atoms with Crippen molar-refractivity contribution in [3.63, 3.8) is 0 Å². The Morgan fingerprint density at radius 1 is 1.00 bits per heavy atom.